The largest absolute Gasteiger partial charge is 0.400 e. The van der Waals surface area contributed by atoms with Crippen molar-refractivity contribution in [3.63, 3.8) is 0 Å². The van der Waals surface area contributed by atoms with E-state index in [9.17, 15) is 0 Å². The van der Waals surface area contributed by atoms with Gasteiger partial charge in [-0.1, -0.05) is 54.6 Å². The molecule has 0 saturated carbocycles. The van der Waals surface area contributed by atoms with Gasteiger partial charge in [0.05, 0.1) is 5.70 Å². The van der Waals surface area contributed by atoms with Gasteiger partial charge in [-0.2, -0.15) is 0 Å². The smallest absolute Gasteiger partial charge is 0.0581 e. The summed E-state index contributed by atoms with van der Waals surface area (Å²) >= 11 is 0. The predicted molar refractivity (Wildman–Crippen MR) is 74.6 cm³/mol. The highest BCUT2D eigenvalue weighted by atomic mass is 14.7. The molecule has 2 aromatic carbocycles. The lowest BCUT2D eigenvalue weighted by atomic mass is 9.80. The summed E-state index contributed by atoms with van der Waals surface area (Å²) in [6.07, 6.45) is 0.798. The Hall–Kier alpha value is -2.22. The number of hydrogen-bond donors (Lipinski definition) is 2. The lowest BCUT2D eigenvalue weighted by Gasteiger charge is -2.27. The zero-order chi connectivity index (χ0) is 12.5. The molecule has 18 heavy (non-hydrogen) atoms. The Labute approximate surface area is 107 Å². The second kappa shape index (κ2) is 4.22. The zero-order valence-corrected chi connectivity index (χ0v) is 10.1. The van der Waals surface area contributed by atoms with Crippen molar-refractivity contribution < 1.29 is 0 Å². The summed E-state index contributed by atoms with van der Waals surface area (Å²) in [5.41, 5.74) is 17.3. The molecule has 4 N–H and O–H groups in total. The van der Waals surface area contributed by atoms with E-state index in [1.54, 1.807) is 0 Å². The van der Waals surface area contributed by atoms with E-state index in [0.717, 1.165) is 23.4 Å². The lowest BCUT2D eigenvalue weighted by Crippen LogP contribution is -2.20. The first kappa shape index (κ1) is 10.9. The number of hydrogen-bond acceptors (Lipinski definition) is 2. The van der Waals surface area contributed by atoms with Crippen LogP contribution in [0.15, 0.2) is 60.3 Å². The molecule has 2 aromatic rings. The maximum absolute atomic E-state index is 6.08. The molecule has 0 heterocycles. The minimum atomic E-state index is 0.315. The molecule has 3 rings (SSSR count). The van der Waals surface area contributed by atoms with E-state index in [4.69, 9.17) is 11.5 Å². The summed E-state index contributed by atoms with van der Waals surface area (Å²) in [7, 11) is 0. The van der Waals surface area contributed by atoms with Gasteiger partial charge in [0.1, 0.15) is 0 Å². The van der Waals surface area contributed by atoms with Crippen molar-refractivity contribution in [3.8, 4) is 0 Å². The van der Waals surface area contributed by atoms with E-state index >= 15 is 0 Å². The van der Waals surface area contributed by atoms with Gasteiger partial charge in [0.2, 0.25) is 0 Å². The Bertz CT molecular complexity index is 600. The first-order valence-electron chi connectivity index (χ1n) is 6.15. The normalized spacial score (nSPS) is 18.6. The average Bonchev–Trinajstić information content (AvgIpc) is 2.44. The number of nitrogens with two attached hydrogens (primary N) is 2. The van der Waals surface area contributed by atoms with E-state index in [2.05, 4.69) is 36.4 Å². The van der Waals surface area contributed by atoms with Crippen molar-refractivity contribution in [1.29, 1.82) is 0 Å². The Morgan fingerprint density at radius 2 is 1.50 bits per heavy atom. The molecule has 2 nitrogen and oxygen atoms in total. The first-order chi connectivity index (χ1) is 8.77. The number of allylic oxidation sites excluding steroid dienone is 1. The average molecular weight is 236 g/mol. The summed E-state index contributed by atoms with van der Waals surface area (Å²) in [5, 5.41) is 0. The number of fused-ring (bicyclic) bond motifs is 1. The summed E-state index contributed by atoms with van der Waals surface area (Å²) in [5.74, 6) is 0.315. The Kier molecular flexibility index (Phi) is 2.56. The van der Waals surface area contributed by atoms with Crippen molar-refractivity contribution in [2.24, 2.45) is 11.5 Å². The van der Waals surface area contributed by atoms with E-state index in [0.29, 0.717) is 5.92 Å². The standard InChI is InChI=1S/C16H16N2/c17-15-10-14(11-6-2-1-3-7-11)12-8-4-5-9-13(12)16(15)18/h1-9,14H,10,17-18H2. The molecule has 1 aliphatic carbocycles. The van der Waals surface area contributed by atoms with Crippen LogP contribution in [0, 0.1) is 0 Å². The molecule has 1 aliphatic rings. The molecule has 1 atom stereocenters. The Morgan fingerprint density at radius 3 is 2.28 bits per heavy atom. The van der Waals surface area contributed by atoms with E-state index in [1.807, 2.05) is 18.2 Å². The number of rotatable bonds is 1. The Balaban J connectivity index is 2.15. The highest BCUT2D eigenvalue weighted by Gasteiger charge is 2.24. The van der Waals surface area contributed by atoms with Crippen LogP contribution in [0.4, 0.5) is 0 Å². The van der Waals surface area contributed by atoms with Gasteiger partial charge in [0, 0.05) is 17.2 Å². The van der Waals surface area contributed by atoms with Crippen LogP contribution in [0.25, 0.3) is 5.70 Å². The third kappa shape index (κ3) is 1.66. The molecule has 0 spiro atoms. The van der Waals surface area contributed by atoms with Gasteiger partial charge in [-0.05, 0) is 17.5 Å². The fraction of sp³-hybridized carbons (Fsp3) is 0.125. The molecular weight excluding hydrogens is 220 g/mol. The lowest BCUT2D eigenvalue weighted by molar-refractivity contribution is 0.770. The zero-order valence-electron chi connectivity index (χ0n) is 10.1. The third-order valence-electron chi connectivity index (χ3n) is 3.60. The predicted octanol–water partition coefficient (Wildman–Crippen LogP) is 2.81. The molecule has 1 unspecified atom stereocenters. The minimum absolute atomic E-state index is 0.315. The molecule has 0 fully saturated rings. The molecule has 0 amide bonds. The maximum Gasteiger partial charge on any atom is 0.0581 e. The van der Waals surface area contributed by atoms with Crippen molar-refractivity contribution in [2.45, 2.75) is 12.3 Å². The molecular formula is C16H16N2. The monoisotopic (exact) mass is 236 g/mol. The summed E-state index contributed by atoms with van der Waals surface area (Å²) < 4.78 is 0. The van der Waals surface area contributed by atoms with Crippen LogP contribution in [-0.2, 0) is 0 Å². The fourth-order valence-corrected chi connectivity index (χ4v) is 2.64. The second-order valence-corrected chi connectivity index (χ2v) is 4.69. The molecule has 2 heteroatoms. The van der Waals surface area contributed by atoms with E-state index in [-0.39, 0.29) is 0 Å². The maximum atomic E-state index is 6.08. The van der Waals surface area contributed by atoms with Gasteiger partial charge in [-0.25, -0.2) is 0 Å². The van der Waals surface area contributed by atoms with Crippen LogP contribution in [0.3, 0.4) is 0 Å². The van der Waals surface area contributed by atoms with Gasteiger partial charge in [-0.15, -0.1) is 0 Å². The van der Waals surface area contributed by atoms with Gasteiger partial charge < -0.3 is 11.5 Å². The van der Waals surface area contributed by atoms with Gasteiger partial charge in [0.15, 0.2) is 0 Å². The minimum Gasteiger partial charge on any atom is -0.400 e. The third-order valence-corrected chi connectivity index (χ3v) is 3.60. The molecule has 0 aliphatic heterocycles. The molecule has 0 aromatic heterocycles. The van der Waals surface area contributed by atoms with Crippen LogP contribution in [-0.4, -0.2) is 0 Å². The van der Waals surface area contributed by atoms with Gasteiger partial charge >= 0.3 is 0 Å². The quantitative estimate of drug-likeness (QED) is 0.800. The SMILES string of the molecule is NC1=C(N)c2ccccc2C(c2ccccc2)C1. The van der Waals surface area contributed by atoms with Crippen molar-refractivity contribution in [3.05, 3.63) is 77.0 Å². The summed E-state index contributed by atoms with van der Waals surface area (Å²) in [4.78, 5) is 0. The topological polar surface area (TPSA) is 52.0 Å². The molecule has 0 bridgehead atoms. The fourth-order valence-electron chi connectivity index (χ4n) is 2.64. The summed E-state index contributed by atoms with van der Waals surface area (Å²) in [6.45, 7) is 0. The van der Waals surface area contributed by atoms with Crippen molar-refractivity contribution in [2.75, 3.05) is 0 Å². The van der Waals surface area contributed by atoms with Crippen LogP contribution < -0.4 is 11.5 Å². The van der Waals surface area contributed by atoms with E-state index in [1.165, 1.54) is 11.1 Å². The van der Waals surface area contributed by atoms with E-state index < -0.39 is 0 Å². The van der Waals surface area contributed by atoms with Crippen LogP contribution in [0.1, 0.15) is 29.0 Å². The highest BCUT2D eigenvalue weighted by Crippen LogP contribution is 2.38. The molecule has 90 valence electrons. The molecule has 0 saturated heterocycles. The highest BCUT2D eigenvalue weighted by molar-refractivity contribution is 5.72. The summed E-state index contributed by atoms with van der Waals surface area (Å²) in [6, 6.07) is 18.7. The second-order valence-electron chi connectivity index (χ2n) is 4.69. The van der Waals surface area contributed by atoms with Gasteiger partial charge in [0.25, 0.3) is 0 Å². The van der Waals surface area contributed by atoms with Crippen LogP contribution >= 0.6 is 0 Å². The van der Waals surface area contributed by atoms with Crippen LogP contribution in [0.5, 0.6) is 0 Å². The number of benzene rings is 2. The molecule has 0 radical (unpaired) electrons. The Morgan fingerprint density at radius 1 is 0.833 bits per heavy atom. The first-order valence-corrected chi connectivity index (χ1v) is 6.15. The van der Waals surface area contributed by atoms with Crippen LogP contribution in [0.2, 0.25) is 0 Å². The van der Waals surface area contributed by atoms with Gasteiger partial charge in [-0.3, -0.25) is 0 Å². The van der Waals surface area contributed by atoms with Crippen molar-refractivity contribution >= 4 is 5.70 Å². The van der Waals surface area contributed by atoms with Crippen molar-refractivity contribution in [1.82, 2.24) is 0 Å².